The van der Waals surface area contributed by atoms with E-state index in [0.29, 0.717) is 38.0 Å². The summed E-state index contributed by atoms with van der Waals surface area (Å²) >= 11 is 0. The first-order valence-corrected chi connectivity index (χ1v) is 6.43. The Labute approximate surface area is 106 Å². The lowest BCUT2D eigenvalue weighted by molar-refractivity contribution is -0.142. The smallest absolute Gasteiger partial charge is 0.407 e. The summed E-state index contributed by atoms with van der Waals surface area (Å²) < 4.78 is 0. The van der Waals surface area contributed by atoms with Gasteiger partial charge in [0.05, 0.1) is 0 Å². The van der Waals surface area contributed by atoms with Crippen molar-refractivity contribution in [2.75, 3.05) is 26.2 Å². The Morgan fingerprint density at radius 2 is 1.78 bits per heavy atom. The zero-order valence-electron chi connectivity index (χ0n) is 10.6. The molecule has 0 radical (unpaired) electrons. The van der Waals surface area contributed by atoms with Gasteiger partial charge in [-0.15, -0.1) is 0 Å². The van der Waals surface area contributed by atoms with Crippen LogP contribution in [-0.4, -0.2) is 64.3 Å². The molecule has 2 aliphatic rings. The monoisotopic (exact) mass is 256 g/mol. The molecule has 0 spiro atoms. The van der Waals surface area contributed by atoms with Crippen molar-refractivity contribution < 1.29 is 19.8 Å². The Hall–Kier alpha value is -1.30. The van der Waals surface area contributed by atoms with E-state index in [9.17, 15) is 14.7 Å². The van der Waals surface area contributed by atoms with Crippen LogP contribution in [0, 0.1) is 11.8 Å². The number of amides is 2. The molecule has 2 fully saturated rings. The van der Waals surface area contributed by atoms with Gasteiger partial charge in [0, 0.05) is 26.2 Å². The first-order valence-electron chi connectivity index (χ1n) is 6.43. The average Bonchev–Trinajstić information content (AvgIpc) is 2.25. The SMILES string of the molecule is CC(O)C(=O)N1CCC[C@H](C2CN(C(=O)O)C2)C1. The van der Waals surface area contributed by atoms with Gasteiger partial charge in [0.15, 0.2) is 0 Å². The van der Waals surface area contributed by atoms with Crippen LogP contribution in [0.5, 0.6) is 0 Å². The molecule has 2 amide bonds. The van der Waals surface area contributed by atoms with E-state index in [1.807, 2.05) is 0 Å². The van der Waals surface area contributed by atoms with E-state index in [4.69, 9.17) is 5.11 Å². The third kappa shape index (κ3) is 2.58. The number of rotatable bonds is 2. The van der Waals surface area contributed by atoms with Gasteiger partial charge in [0.1, 0.15) is 6.10 Å². The molecule has 0 aromatic heterocycles. The molecule has 102 valence electrons. The van der Waals surface area contributed by atoms with Crippen molar-refractivity contribution in [3.63, 3.8) is 0 Å². The number of carbonyl (C=O) groups excluding carboxylic acids is 1. The van der Waals surface area contributed by atoms with Crippen LogP contribution in [0.25, 0.3) is 0 Å². The fourth-order valence-electron chi connectivity index (χ4n) is 2.83. The second kappa shape index (κ2) is 5.14. The van der Waals surface area contributed by atoms with Crippen molar-refractivity contribution in [1.82, 2.24) is 9.80 Å². The minimum Gasteiger partial charge on any atom is -0.465 e. The van der Waals surface area contributed by atoms with Gasteiger partial charge in [-0.05, 0) is 31.6 Å². The molecular weight excluding hydrogens is 236 g/mol. The number of piperidine rings is 1. The number of hydrogen-bond acceptors (Lipinski definition) is 3. The molecule has 0 saturated carbocycles. The maximum absolute atomic E-state index is 11.7. The molecule has 2 saturated heterocycles. The first-order chi connectivity index (χ1) is 8.49. The highest BCUT2D eigenvalue weighted by Gasteiger charge is 2.38. The van der Waals surface area contributed by atoms with Gasteiger partial charge in [-0.2, -0.15) is 0 Å². The summed E-state index contributed by atoms with van der Waals surface area (Å²) in [5, 5.41) is 18.1. The average molecular weight is 256 g/mol. The zero-order chi connectivity index (χ0) is 13.3. The van der Waals surface area contributed by atoms with Gasteiger partial charge < -0.3 is 20.0 Å². The van der Waals surface area contributed by atoms with E-state index in [0.717, 1.165) is 12.8 Å². The number of likely N-dealkylation sites (tertiary alicyclic amines) is 2. The number of aliphatic hydroxyl groups is 1. The van der Waals surface area contributed by atoms with E-state index < -0.39 is 12.2 Å². The number of hydrogen-bond donors (Lipinski definition) is 2. The van der Waals surface area contributed by atoms with Gasteiger partial charge >= 0.3 is 6.09 Å². The molecule has 2 heterocycles. The van der Waals surface area contributed by atoms with Crippen molar-refractivity contribution >= 4 is 12.0 Å². The molecule has 0 bridgehead atoms. The number of nitrogens with zero attached hydrogens (tertiary/aromatic N) is 2. The van der Waals surface area contributed by atoms with E-state index >= 15 is 0 Å². The molecule has 0 aromatic rings. The van der Waals surface area contributed by atoms with Gasteiger partial charge in [0.25, 0.3) is 5.91 Å². The van der Waals surface area contributed by atoms with Crippen LogP contribution >= 0.6 is 0 Å². The molecule has 6 heteroatoms. The van der Waals surface area contributed by atoms with Gasteiger partial charge in [-0.1, -0.05) is 0 Å². The van der Waals surface area contributed by atoms with Crippen LogP contribution < -0.4 is 0 Å². The van der Waals surface area contributed by atoms with Gasteiger partial charge in [0.2, 0.25) is 0 Å². The minimum absolute atomic E-state index is 0.214. The molecule has 2 aliphatic heterocycles. The largest absolute Gasteiger partial charge is 0.465 e. The highest BCUT2D eigenvalue weighted by atomic mass is 16.4. The summed E-state index contributed by atoms with van der Waals surface area (Å²) in [5.41, 5.74) is 0. The zero-order valence-corrected chi connectivity index (χ0v) is 10.6. The maximum Gasteiger partial charge on any atom is 0.407 e. The predicted molar refractivity (Wildman–Crippen MR) is 64.1 cm³/mol. The Bertz CT molecular complexity index is 339. The van der Waals surface area contributed by atoms with Crippen LogP contribution in [0.3, 0.4) is 0 Å². The Balaban J connectivity index is 1.85. The lowest BCUT2D eigenvalue weighted by Gasteiger charge is -2.45. The Morgan fingerprint density at radius 3 is 2.33 bits per heavy atom. The topological polar surface area (TPSA) is 81.1 Å². The van der Waals surface area contributed by atoms with Gasteiger partial charge in [-0.3, -0.25) is 4.79 Å². The Morgan fingerprint density at radius 1 is 1.17 bits per heavy atom. The summed E-state index contributed by atoms with van der Waals surface area (Å²) in [7, 11) is 0. The van der Waals surface area contributed by atoms with Crippen molar-refractivity contribution in [3.05, 3.63) is 0 Å². The summed E-state index contributed by atoms with van der Waals surface area (Å²) in [6, 6.07) is 0. The molecule has 2 atom stereocenters. The Kier molecular flexibility index (Phi) is 3.75. The molecule has 18 heavy (non-hydrogen) atoms. The van der Waals surface area contributed by atoms with E-state index in [2.05, 4.69) is 0 Å². The highest BCUT2D eigenvalue weighted by Crippen LogP contribution is 2.31. The molecule has 0 aliphatic carbocycles. The molecular formula is C12H20N2O4. The predicted octanol–water partition coefficient (Wildman–Crippen LogP) is 0.216. The standard InChI is InChI=1S/C12H20N2O4/c1-8(15)11(16)13-4-2-3-9(5-13)10-6-14(7-10)12(17)18/h8-10,15H,2-7H2,1H3,(H,17,18)/t8?,9-/m0/s1. The van der Waals surface area contributed by atoms with E-state index in [-0.39, 0.29) is 5.91 Å². The van der Waals surface area contributed by atoms with Crippen molar-refractivity contribution in [2.24, 2.45) is 11.8 Å². The number of carbonyl (C=O) groups is 2. The third-order valence-corrected chi connectivity index (χ3v) is 3.97. The molecule has 1 unspecified atom stereocenters. The highest BCUT2D eigenvalue weighted by molar-refractivity contribution is 5.80. The van der Waals surface area contributed by atoms with Gasteiger partial charge in [-0.25, -0.2) is 4.79 Å². The first kappa shape index (κ1) is 13.1. The fourth-order valence-corrected chi connectivity index (χ4v) is 2.83. The van der Waals surface area contributed by atoms with Crippen LogP contribution in [0.4, 0.5) is 4.79 Å². The van der Waals surface area contributed by atoms with E-state index in [1.54, 1.807) is 4.90 Å². The van der Waals surface area contributed by atoms with Crippen molar-refractivity contribution in [1.29, 1.82) is 0 Å². The normalized spacial score (nSPS) is 26.7. The molecule has 2 N–H and O–H groups in total. The third-order valence-electron chi connectivity index (χ3n) is 3.97. The second-order valence-corrected chi connectivity index (χ2v) is 5.31. The minimum atomic E-state index is -0.944. The lowest BCUT2D eigenvalue weighted by atomic mass is 9.80. The van der Waals surface area contributed by atoms with Crippen LogP contribution in [0.1, 0.15) is 19.8 Å². The maximum atomic E-state index is 11.7. The summed E-state index contributed by atoms with van der Waals surface area (Å²) in [4.78, 5) is 25.5. The molecule has 0 aromatic carbocycles. The van der Waals surface area contributed by atoms with Crippen LogP contribution in [0.2, 0.25) is 0 Å². The summed E-state index contributed by atoms with van der Waals surface area (Å²) in [5.74, 6) is 0.525. The summed E-state index contributed by atoms with van der Waals surface area (Å²) in [6.07, 6.45) is 0.175. The molecule has 2 rings (SSSR count). The molecule has 6 nitrogen and oxygen atoms in total. The lowest BCUT2D eigenvalue weighted by Crippen LogP contribution is -2.56. The van der Waals surface area contributed by atoms with Crippen molar-refractivity contribution in [3.8, 4) is 0 Å². The van der Waals surface area contributed by atoms with Crippen molar-refractivity contribution in [2.45, 2.75) is 25.9 Å². The number of carboxylic acid groups (broad SMARTS) is 1. The van der Waals surface area contributed by atoms with E-state index in [1.165, 1.54) is 11.8 Å². The second-order valence-electron chi connectivity index (χ2n) is 5.31. The summed E-state index contributed by atoms with van der Waals surface area (Å²) in [6.45, 7) is 4.01. The van der Waals surface area contributed by atoms with Crippen LogP contribution in [-0.2, 0) is 4.79 Å². The number of aliphatic hydroxyl groups excluding tert-OH is 1. The fraction of sp³-hybridized carbons (Fsp3) is 0.833. The van der Waals surface area contributed by atoms with Crippen LogP contribution in [0.15, 0.2) is 0 Å². The quantitative estimate of drug-likeness (QED) is 0.740.